The Bertz CT molecular complexity index is 393. The second-order valence-electron chi connectivity index (χ2n) is 5.65. The highest BCUT2D eigenvalue weighted by molar-refractivity contribution is 5.81. The maximum absolute atomic E-state index is 12.5. The van der Waals surface area contributed by atoms with E-state index >= 15 is 0 Å². The fourth-order valence-electron chi connectivity index (χ4n) is 3.37. The Hall–Kier alpha value is -1.50. The number of terminal acetylenes is 1. The fraction of sp³-hybridized carbons (Fsp3) is 0.733. The van der Waals surface area contributed by atoms with Crippen molar-refractivity contribution < 1.29 is 14.7 Å². The van der Waals surface area contributed by atoms with Gasteiger partial charge in [-0.1, -0.05) is 18.8 Å². The smallest absolute Gasteiger partial charge is 0.306 e. The van der Waals surface area contributed by atoms with E-state index in [9.17, 15) is 9.59 Å². The summed E-state index contributed by atoms with van der Waals surface area (Å²) in [5, 5.41) is 9.01. The minimum absolute atomic E-state index is 0.0774. The number of nitrogens with zero attached hydrogens (tertiary/aromatic N) is 1. The zero-order chi connectivity index (χ0) is 13.8. The van der Waals surface area contributed by atoms with Gasteiger partial charge in [-0.05, 0) is 32.1 Å². The van der Waals surface area contributed by atoms with Crippen LogP contribution in [0.3, 0.4) is 0 Å². The molecule has 2 fully saturated rings. The van der Waals surface area contributed by atoms with Crippen molar-refractivity contribution in [3.63, 3.8) is 0 Å². The third-order valence-corrected chi connectivity index (χ3v) is 4.44. The zero-order valence-corrected chi connectivity index (χ0v) is 11.2. The Morgan fingerprint density at radius 1 is 1.16 bits per heavy atom. The highest BCUT2D eigenvalue weighted by Crippen LogP contribution is 2.34. The first-order chi connectivity index (χ1) is 9.13. The highest BCUT2D eigenvalue weighted by atomic mass is 16.4. The van der Waals surface area contributed by atoms with Crippen LogP contribution in [0, 0.1) is 24.2 Å². The van der Waals surface area contributed by atoms with Crippen molar-refractivity contribution in [1.29, 1.82) is 0 Å². The Morgan fingerprint density at radius 3 is 2.32 bits per heavy atom. The number of carboxylic acids is 1. The summed E-state index contributed by atoms with van der Waals surface area (Å²) in [5.74, 6) is 1.37. The van der Waals surface area contributed by atoms with Crippen LogP contribution >= 0.6 is 0 Å². The van der Waals surface area contributed by atoms with Crippen LogP contribution < -0.4 is 0 Å². The molecule has 0 unspecified atom stereocenters. The first-order valence-electron chi connectivity index (χ1n) is 7.10. The second-order valence-corrected chi connectivity index (χ2v) is 5.65. The van der Waals surface area contributed by atoms with E-state index in [1.807, 2.05) is 4.90 Å². The van der Waals surface area contributed by atoms with Crippen molar-refractivity contribution >= 4 is 11.9 Å². The number of hydrogen-bond acceptors (Lipinski definition) is 2. The van der Waals surface area contributed by atoms with Crippen LogP contribution in [-0.4, -0.2) is 34.5 Å². The average molecular weight is 263 g/mol. The van der Waals surface area contributed by atoms with Gasteiger partial charge in [-0.25, -0.2) is 0 Å². The van der Waals surface area contributed by atoms with Crippen molar-refractivity contribution in [2.75, 3.05) is 6.54 Å². The van der Waals surface area contributed by atoms with Crippen LogP contribution in [-0.2, 0) is 9.59 Å². The standard InChI is InChI=1S/C15H21NO3/c1-2-9-16(13-5-3-4-6-13)14(17)11-7-8-12(10-11)15(18)19/h1,11-13H,3-10H2,(H,18,19)/t11-,12+/m0/s1. The molecule has 2 atom stereocenters. The first kappa shape index (κ1) is 13.9. The van der Waals surface area contributed by atoms with Crippen LogP contribution in [0.25, 0.3) is 0 Å². The van der Waals surface area contributed by atoms with Crippen LogP contribution in [0.5, 0.6) is 0 Å². The number of carbonyl (C=O) groups is 2. The molecule has 0 bridgehead atoms. The van der Waals surface area contributed by atoms with Gasteiger partial charge in [0.2, 0.25) is 5.91 Å². The van der Waals surface area contributed by atoms with Crippen molar-refractivity contribution in [2.45, 2.75) is 51.0 Å². The molecule has 4 nitrogen and oxygen atoms in total. The van der Waals surface area contributed by atoms with E-state index in [-0.39, 0.29) is 23.8 Å². The van der Waals surface area contributed by atoms with E-state index in [4.69, 9.17) is 11.5 Å². The molecule has 4 heteroatoms. The zero-order valence-electron chi connectivity index (χ0n) is 11.2. The molecule has 0 radical (unpaired) electrons. The number of amides is 1. The largest absolute Gasteiger partial charge is 0.481 e. The van der Waals surface area contributed by atoms with Gasteiger partial charge in [-0.15, -0.1) is 6.42 Å². The molecule has 1 amide bonds. The maximum atomic E-state index is 12.5. The van der Waals surface area contributed by atoms with Gasteiger partial charge >= 0.3 is 5.97 Å². The fourth-order valence-corrected chi connectivity index (χ4v) is 3.37. The molecular formula is C15H21NO3. The lowest BCUT2D eigenvalue weighted by Gasteiger charge is -2.29. The summed E-state index contributed by atoms with van der Waals surface area (Å²) in [7, 11) is 0. The van der Waals surface area contributed by atoms with Gasteiger partial charge in [0.1, 0.15) is 0 Å². The van der Waals surface area contributed by atoms with Crippen molar-refractivity contribution in [2.24, 2.45) is 11.8 Å². The van der Waals surface area contributed by atoms with Gasteiger partial charge in [0.05, 0.1) is 12.5 Å². The molecule has 0 spiro atoms. The average Bonchev–Trinajstić information content (AvgIpc) is 3.05. The minimum Gasteiger partial charge on any atom is -0.481 e. The number of carboxylic acid groups (broad SMARTS) is 1. The minimum atomic E-state index is -0.778. The topological polar surface area (TPSA) is 57.6 Å². The summed E-state index contributed by atoms with van der Waals surface area (Å²) in [6, 6.07) is 0.271. The molecule has 1 N–H and O–H groups in total. The lowest BCUT2D eigenvalue weighted by atomic mass is 10.0. The van der Waals surface area contributed by atoms with E-state index < -0.39 is 5.97 Å². The summed E-state index contributed by atoms with van der Waals surface area (Å²) in [4.78, 5) is 25.3. The predicted octanol–water partition coefficient (Wildman–Crippen LogP) is 1.89. The first-order valence-corrected chi connectivity index (χ1v) is 7.10. The molecule has 0 aliphatic heterocycles. The van der Waals surface area contributed by atoms with Crippen molar-refractivity contribution in [1.82, 2.24) is 4.90 Å². The van der Waals surface area contributed by atoms with Crippen LogP contribution in [0.4, 0.5) is 0 Å². The molecule has 19 heavy (non-hydrogen) atoms. The van der Waals surface area contributed by atoms with Gasteiger partial charge in [-0.2, -0.15) is 0 Å². The number of rotatable bonds is 4. The number of hydrogen-bond donors (Lipinski definition) is 1. The van der Waals surface area contributed by atoms with Crippen molar-refractivity contribution in [3.8, 4) is 12.3 Å². The lowest BCUT2D eigenvalue weighted by molar-refractivity contribution is -0.141. The van der Waals surface area contributed by atoms with Crippen LogP contribution in [0.2, 0.25) is 0 Å². The lowest BCUT2D eigenvalue weighted by Crippen LogP contribution is -2.42. The summed E-state index contributed by atoms with van der Waals surface area (Å²) < 4.78 is 0. The quantitative estimate of drug-likeness (QED) is 0.788. The van der Waals surface area contributed by atoms with E-state index in [0.29, 0.717) is 25.8 Å². The van der Waals surface area contributed by atoms with E-state index in [0.717, 1.165) is 25.7 Å². The molecule has 0 aromatic heterocycles. The molecule has 2 aliphatic rings. The molecule has 2 rings (SSSR count). The van der Waals surface area contributed by atoms with Gasteiger partial charge in [0, 0.05) is 12.0 Å². The molecule has 0 aromatic carbocycles. The summed E-state index contributed by atoms with van der Waals surface area (Å²) in [5.41, 5.74) is 0. The predicted molar refractivity (Wildman–Crippen MR) is 71.3 cm³/mol. The molecule has 104 valence electrons. The highest BCUT2D eigenvalue weighted by Gasteiger charge is 2.37. The number of aliphatic carboxylic acids is 1. The molecular weight excluding hydrogens is 242 g/mol. The van der Waals surface area contributed by atoms with Gasteiger partial charge in [0.15, 0.2) is 0 Å². The van der Waals surface area contributed by atoms with Gasteiger partial charge in [0.25, 0.3) is 0 Å². The second kappa shape index (κ2) is 6.10. The normalized spacial score (nSPS) is 27.1. The molecule has 0 heterocycles. The van der Waals surface area contributed by atoms with E-state index in [1.54, 1.807) is 0 Å². The van der Waals surface area contributed by atoms with Gasteiger partial charge < -0.3 is 10.0 Å². The summed E-state index contributed by atoms with van der Waals surface area (Å²) >= 11 is 0. The third kappa shape index (κ3) is 3.09. The monoisotopic (exact) mass is 263 g/mol. The number of carbonyl (C=O) groups excluding carboxylic acids is 1. The van der Waals surface area contributed by atoms with Crippen molar-refractivity contribution in [3.05, 3.63) is 0 Å². The van der Waals surface area contributed by atoms with Crippen LogP contribution in [0.1, 0.15) is 44.9 Å². The van der Waals surface area contributed by atoms with E-state index in [1.165, 1.54) is 0 Å². The molecule has 2 saturated carbocycles. The van der Waals surface area contributed by atoms with E-state index in [2.05, 4.69) is 5.92 Å². The Morgan fingerprint density at radius 2 is 1.79 bits per heavy atom. The summed E-state index contributed by atoms with van der Waals surface area (Å²) in [6.07, 6.45) is 11.5. The Labute approximate surface area is 114 Å². The molecule has 2 aliphatic carbocycles. The Balaban J connectivity index is 2.00. The SMILES string of the molecule is C#CCN(C(=O)[C@H]1CC[C@@H](C(=O)O)C1)C1CCCC1. The molecule has 0 saturated heterocycles. The Kier molecular flexibility index (Phi) is 4.47. The molecule has 0 aromatic rings. The summed E-state index contributed by atoms with van der Waals surface area (Å²) in [6.45, 7) is 0.359. The maximum Gasteiger partial charge on any atom is 0.306 e. The van der Waals surface area contributed by atoms with Crippen LogP contribution in [0.15, 0.2) is 0 Å². The van der Waals surface area contributed by atoms with Gasteiger partial charge in [-0.3, -0.25) is 9.59 Å². The third-order valence-electron chi connectivity index (χ3n) is 4.44.